The van der Waals surface area contributed by atoms with Crippen LogP contribution in [0.5, 0.6) is 0 Å². The van der Waals surface area contributed by atoms with Crippen molar-refractivity contribution in [1.29, 1.82) is 0 Å². The summed E-state index contributed by atoms with van der Waals surface area (Å²) in [6.07, 6.45) is 0. The van der Waals surface area contributed by atoms with Gasteiger partial charge in [-0.3, -0.25) is 0 Å². The molecule has 0 saturated carbocycles. The van der Waals surface area contributed by atoms with Gasteiger partial charge in [0, 0.05) is 6.54 Å². The van der Waals surface area contributed by atoms with E-state index < -0.39 is 10.0 Å². The molecule has 0 aromatic heterocycles. The van der Waals surface area contributed by atoms with Crippen LogP contribution in [0, 0.1) is 6.92 Å². The smallest absolute Gasteiger partial charge is 0.207 e. The van der Waals surface area contributed by atoms with Crippen molar-refractivity contribution in [2.24, 2.45) is 0 Å². The van der Waals surface area contributed by atoms with Crippen molar-refractivity contribution in [1.82, 2.24) is 4.72 Å². The molecule has 0 fully saturated rings. The lowest BCUT2D eigenvalue weighted by Crippen LogP contribution is -2.23. The maximum atomic E-state index is 12.4. The van der Waals surface area contributed by atoms with Crippen molar-refractivity contribution < 1.29 is 8.42 Å². The molecular weight excluding hydrogens is 294 g/mol. The van der Waals surface area contributed by atoms with Gasteiger partial charge in [-0.2, -0.15) is 0 Å². The summed E-state index contributed by atoms with van der Waals surface area (Å²) in [7, 11) is -3.51. The SMILES string of the molecule is Cc1ccc2cc(S(=O)(=O)NCc3ccccc3)ccc2c1. The van der Waals surface area contributed by atoms with Gasteiger partial charge in [0.2, 0.25) is 10.0 Å². The topological polar surface area (TPSA) is 46.2 Å². The van der Waals surface area contributed by atoms with Crippen LogP contribution >= 0.6 is 0 Å². The van der Waals surface area contributed by atoms with Crippen LogP contribution in [0.2, 0.25) is 0 Å². The maximum absolute atomic E-state index is 12.4. The minimum atomic E-state index is -3.51. The van der Waals surface area contributed by atoms with Crippen molar-refractivity contribution in [3.63, 3.8) is 0 Å². The molecule has 0 aliphatic rings. The van der Waals surface area contributed by atoms with Crippen molar-refractivity contribution in [3.8, 4) is 0 Å². The summed E-state index contributed by atoms with van der Waals surface area (Å²) in [5.74, 6) is 0. The molecule has 1 N–H and O–H groups in total. The Morgan fingerprint density at radius 1 is 0.864 bits per heavy atom. The van der Waals surface area contributed by atoms with E-state index in [0.717, 1.165) is 21.9 Å². The van der Waals surface area contributed by atoms with E-state index in [4.69, 9.17) is 0 Å². The van der Waals surface area contributed by atoms with E-state index in [-0.39, 0.29) is 6.54 Å². The number of hydrogen-bond acceptors (Lipinski definition) is 2. The van der Waals surface area contributed by atoms with Gasteiger partial charge in [0.1, 0.15) is 0 Å². The van der Waals surface area contributed by atoms with E-state index in [1.54, 1.807) is 12.1 Å². The Bertz CT molecular complexity index is 903. The fraction of sp³-hybridized carbons (Fsp3) is 0.111. The van der Waals surface area contributed by atoms with Gasteiger partial charge in [-0.1, -0.05) is 60.2 Å². The first kappa shape index (κ1) is 14.8. The zero-order valence-electron chi connectivity index (χ0n) is 12.3. The van der Waals surface area contributed by atoms with E-state index in [1.165, 1.54) is 0 Å². The first-order chi connectivity index (χ1) is 10.5. The molecule has 0 amide bonds. The zero-order chi connectivity index (χ0) is 15.6. The third kappa shape index (κ3) is 3.18. The Morgan fingerprint density at radius 2 is 1.55 bits per heavy atom. The lowest BCUT2D eigenvalue weighted by molar-refractivity contribution is 0.581. The standard InChI is InChI=1S/C18H17NO2S/c1-14-7-8-17-12-18(10-9-16(17)11-14)22(20,21)19-13-15-5-3-2-4-6-15/h2-12,19H,13H2,1H3. The minimum Gasteiger partial charge on any atom is -0.207 e. The van der Waals surface area contributed by atoms with Gasteiger partial charge in [-0.15, -0.1) is 0 Å². The largest absolute Gasteiger partial charge is 0.240 e. The Kier molecular flexibility index (Phi) is 3.96. The van der Waals surface area contributed by atoms with Crippen molar-refractivity contribution in [3.05, 3.63) is 77.9 Å². The van der Waals surface area contributed by atoms with Crippen LogP contribution in [0.25, 0.3) is 10.8 Å². The Balaban J connectivity index is 1.87. The first-order valence-corrected chi connectivity index (χ1v) is 8.57. The van der Waals surface area contributed by atoms with Gasteiger partial charge < -0.3 is 0 Å². The Hall–Kier alpha value is -2.17. The highest BCUT2D eigenvalue weighted by Crippen LogP contribution is 2.20. The van der Waals surface area contributed by atoms with Gasteiger partial charge in [-0.25, -0.2) is 13.1 Å². The van der Waals surface area contributed by atoms with E-state index in [0.29, 0.717) is 4.90 Å². The lowest BCUT2D eigenvalue weighted by Gasteiger charge is -2.08. The highest BCUT2D eigenvalue weighted by atomic mass is 32.2. The number of fused-ring (bicyclic) bond motifs is 1. The monoisotopic (exact) mass is 311 g/mol. The Labute approximate surface area is 130 Å². The van der Waals surface area contributed by atoms with Crippen LogP contribution in [0.1, 0.15) is 11.1 Å². The number of benzene rings is 3. The molecule has 0 bridgehead atoms. The average Bonchev–Trinajstić information content (AvgIpc) is 2.53. The third-order valence-corrected chi connectivity index (χ3v) is 4.99. The summed E-state index contributed by atoms with van der Waals surface area (Å²) in [6.45, 7) is 2.31. The molecule has 0 heterocycles. The van der Waals surface area contributed by atoms with Gasteiger partial charge in [0.15, 0.2) is 0 Å². The number of nitrogens with one attached hydrogen (secondary N) is 1. The highest BCUT2D eigenvalue weighted by Gasteiger charge is 2.14. The highest BCUT2D eigenvalue weighted by molar-refractivity contribution is 7.89. The molecule has 3 aromatic carbocycles. The fourth-order valence-corrected chi connectivity index (χ4v) is 3.42. The number of hydrogen-bond donors (Lipinski definition) is 1. The molecule has 0 saturated heterocycles. The van der Waals surface area contributed by atoms with E-state index in [1.807, 2.05) is 61.5 Å². The molecule has 22 heavy (non-hydrogen) atoms. The Morgan fingerprint density at radius 3 is 2.32 bits per heavy atom. The first-order valence-electron chi connectivity index (χ1n) is 7.09. The van der Waals surface area contributed by atoms with Crippen LogP contribution in [0.15, 0.2) is 71.6 Å². The summed E-state index contributed by atoms with van der Waals surface area (Å²) < 4.78 is 27.4. The van der Waals surface area contributed by atoms with Gasteiger partial charge in [-0.05, 0) is 35.4 Å². The van der Waals surface area contributed by atoms with Crippen LogP contribution in [0.3, 0.4) is 0 Å². The molecular formula is C18H17NO2S. The van der Waals surface area contributed by atoms with Crippen LogP contribution in [-0.4, -0.2) is 8.42 Å². The molecule has 0 radical (unpaired) electrons. The molecule has 4 heteroatoms. The van der Waals surface area contributed by atoms with Gasteiger partial charge >= 0.3 is 0 Å². The predicted octanol–water partition coefficient (Wildman–Crippen LogP) is 3.63. The predicted molar refractivity (Wildman–Crippen MR) is 89.2 cm³/mol. The van der Waals surface area contributed by atoms with Crippen LogP contribution < -0.4 is 4.72 Å². The number of sulfonamides is 1. The van der Waals surface area contributed by atoms with Crippen LogP contribution in [0.4, 0.5) is 0 Å². The summed E-state index contributed by atoms with van der Waals surface area (Å²) in [6, 6.07) is 20.7. The van der Waals surface area contributed by atoms with E-state index >= 15 is 0 Å². The average molecular weight is 311 g/mol. The fourth-order valence-electron chi connectivity index (χ4n) is 2.37. The second kappa shape index (κ2) is 5.91. The molecule has 0 atom stereocenters. The summed E-state index contributed by atoms with van der Waals surface area (Å²) in [4.78, 5) is 0.291. The molecule has 3 nitrogen and oxygen atoms in total. The van der Waals surface area contributed by atoms with Crippen molar-refractivity contribution >= 4 is 20.8 Å². The molecule has 0 spiro atoms. The second-order valence-electron chi connectivity index (χ2n) is 5.32. The normalized spacial score (nSPS) is 11.7. The zero-order valence-corrected chi connectivity index (χ0v) is 13.1. The van der Waals surface area contributed by atoms with E-state index in [2.05, 4.69) is 4.72 Å². The molecule has 0 unspecified atom stereocenters. The van der Waals surface area contributed by atoms with Crippen molar-refractivity contribution in [2.45, 2.75) is 18.4 Å². The summed E-state index contributed by atoms with van der Waals surface area (Å²) >= 11 is 0. The molecule has 112 valence electrons. The summed E-state index contributed by atoms with van der Waals surface area (Å²) in [5, 5.41) is 1.97. The van der Waals surface area contributed by atoms with E-state index in [9.17, 15) is 8.42 Å². The maximum Gasteiger partial charge on any atom is 0.240 e. The number of aryl methyl sites for hydroxylation is 1. The van der Waals surface area contributed by atoms with Crippen LogP contribution in [-0.2, 0) is 16.6 Å². The van der Waals surface area contributed by atoms with Crippen molar-refractivity contribution in [2.75, 3.05) is 0 Å². The third-order valence-electron chi connectivity index (χ3n) is 3.59. The molecule has 3 aromatic rings. The molecule has 3 rings (SSSR count). The molecule has 0 aliphatic carbocycles. The quantitative estimate of drug-likeness (QED) is 0.800. The minimum absolute atomic E-state index is 0.287. The van der Waals surface area contributed by atoms with Gasteiger partial charge in [0.25, 0.3) is 0 Å². The molecule has 0 aliphatic heterocycles. The lowest BCUT2D eigenvalue weighted by atomic mass is 10.1. The second-order valence-corrected chi connectivity index (χ2v) is 7.09. The number of rotatable bonds is 4. The van der Waals surface area contributed by atoms with Gasteiger partial charge in [0.05, 0.1) is 4.90 Å². The summed E-state index contributed by atoms with van der Waals surface area (Å²) in [5.41, 5.74) is 2.09.